The molecule has 2 aromatic rings. The van der Waals surface area contributed by atoms with Crippen molar-refractivity contribution in [3.8, 4) is 11.1 Å². The number of benzene rings is 2. The molecule has 1 aliphatic heterocycles. The van der Waals surface area contributed by atoms with Gasteiger partial charge in [-0.05, 0) is 47.2 Å². The number of hydrogen-bond acceptors (Lipinski definition) is 2. The Balaban J connectivity index is 1.77. The molecule has 0 radical (unpaired) electrons. The summed E-state index contributed by atoms with van der Waals surface area (Å²) in [5.74, 6) is 0.162. The van der Waals surface area contributed by atoms with E-state index in [9.17, 15) is 4.79 Å². The second-order valence-electron chi connectivity index (χ2n) is 7.16. The van der Waals surface area contributed by atoms with Gasteiger partial charge in [-0.15, -0.1) is 0 Å². The van der Waals surface area contributed by atoms with E-state index in [1.54, 1.807) is 0 Å². The van der Waals surface area contributed by atoms with Crippen molar-refractivity contribution in [3.05, 3.63) is 66.2 Å². The standard InChI is InChI=1S/C23H25NO/c1-2-23(25)22-13-5-3-4-8-15-24(22)21-14-9-12-19-18-11-7-6-10-17(18)16-20(19)21/h2,6-7,9-12,14,22H,1,3-5,8,13,15-16H2. The van der Waals surface area contributed by atoms with Gasteiger partial charge in [-0.1, -0.05) is 62.2 Å². The van der Waals surface area contributed by atoms with Gasteiger partial charge in [-0.25, -0.2) is 0 Å². The molecule has 0 amide bonds. The van der Waals surface area contributed by atoms with Crippen LogP contribution in [-0.4, -0.2) is 18.4 Å². The van der Waals surface area contributed by atoms with Gasteiger partial charge in [0.25, 0.3) is 0 Å². The Hall–Kier alpha value is -2.35. The fourth-order valence-electron chi connectivity index (χ4n) is 4.41. The van der Waals surface area contributed by atoms with Gasteiger partial charge >= 0.3 is 0 Å². The monoisotopic (exact) mass is 331 g/mol. The Kier molecular flexibility index (Phi) is 4.44. The lowest BCUT2D eigenvalue weighted by molar-refractivity contribution is -0.116. The summed E-state index contributed by atoms with van der Waals surface area (Å²) in [5.41, 5.74) is 6.70. The first-order valence-corrected chi connectivity index (χ1v) is 9.42. The lowest BCUT2D eigenvalue weighted by Crippen LogP contribution is -2.42. The van der Waals surface area contributed by atoms with Crippen molar-refractivity contribution in [1.29, 1.82) is 0 Å². The van der Waals surface area contributed by atoms with Crippen molar-refractivity contribution in [1.82, 2.24) is 0 Å². The Morgan fingerprint density at radius 1 is 1.00 bits per heavy atom. The summed E-state index contributed by atoms with van der Waals surface area (Å²) in [4.78, 5) is 14.9. The van der Waals surface area contributed by atoms with Gasteiger partial charge in [0, 0.05) is 18.7 Å². The van der Waals surface area contributed by atoms with Crippen molar-refractivity contribution < 1.29 is 4.79 Å². The predicted molar refractivity (Wildman–Crippen MR) is 104 cm³/mol. The van der Waals surface area contributed by atoms with E-state index in [2.05, 4.69) is 53.9 Å². The summed E-state index contributed by atoms with van der Waals surface area (Å²) < 4.78 is 0. The SMILES string of the molecule is C=CC(=O)C1CCCCCCN1c1cccc2c1Cc1ccccc1-2. The Bertz CT molecular complexity index is 807. The quantitative estimate of drug-likeness (QED) is 0.618. The zero-order valence-electron chi connectivity index (χ0n) is 14.7. The van der Waals surface area contributed by atoms with Gasteiger partial charge in [0.05, 0.1) is 6.04 Å². The molecular weight excluding hydrogens is 306 g/mol. The first-order valence-electron chi connectivity index (χ1n) is 9.42. The summed E-state index contributed by atoms with van der Waals surface area (Å²) >= 11 is 0. The number of carbonyl (C=O) groups excluding carboxylic acids is 1. The molecule has 0 bridgehead atoms. The first kappa shape index (κ1) is 16.1. The summed E-state index contributed by atoms with van der Waals surface area (Å²) in [5, 5.41) is 0. The van der Waals surface area contributed by atoms with E-state index in [1.807, 2.05) is 0 Å². The van der Waals surface area contributed by atoms with Gasteiger partial charge in [0.1, 0.15) is 0 Å². The average Bonchev–Trinajstić information content (AvgIpc) is 3.00. The molecule has 0 saturated carbocycles. The largest absolute Gasteiger partial charge is 0.361 e. The number of rotatable bonds is 3. The molecule has 128 valence electrons. The van der Waals surface area contributed by atoms with Crippen molar-refractivity contribution in [3.63, 3.8) is 0 Å². The van der Waals surface area contributed by atoms with Crippen molar-refractivity contribution >= 4 is 11.5 Å². The van der Waals surface area contributed by atoms with Crippen molar-refractivity contribution in [2.24, 2.45) is 0 Å². The van der Waals surface area contributed by atoms with E-state index in [1.165, 1.54) is 46.9 Å². The van der Waals surface area contributed by atoms with Gasteiger partial charge in [-0.2, -0.15) is 0 Å². The van der Waals surface area contributed by atoms with Crippen LogP contribution in [0, 0.1) is 0 Å². The summed E-state index contributed by atoms with van der Waals surface area (Å²) in [7, 11) is 0. The molecule has 2 aliphatic rings. The Morgan fingerprint density at radius 2 is 1.80 bits per heavy atom. The zero-order valence-corrected chi connectivity index (χ0v) is 14.7. The van der Waals surface area contributed by atoms with E-state index >= 15 is 0 Å². The minimum atomic E-state index is -0.0620. The van der Waals surface area contributed by atoms with Gasteiger partial charge in [0.15, 0.2) is 5.78 Å². The molecule has 0 spiro atoms. The summed E-state index contributed by atoms with van der Waals surface area (Å²) in [6.45, 7) is 4.70. The van der Waals surface area contributed by atoms with Crippen LogP contribution in [0.25, 0.3) is 11.1 Å². The molecule has 1 unspecified atom stereocenters. The highest BCUT2D eigenvalue weighted by Gasteiger charge is 2.29. The maximum absolute atomic E-state index is 12.6. The number of hydrogen-bond donors (Lipinski definition) is 0. The lowest BCUT2D eigenvalue weighted by atomic mass is 9.96. The number of anilines is 1. The number of fused-ring (bicyclic) bond motifs is 3. The highest BCUT2D eigenvalue weighted by Crippen LogP contribution is 2.42. The number of carbonyl (C=O) groups is 1. The summed E-state index contributed by atoms with van der Waals surface area (Å²) in [6.07, 6.45) is 8.16. The van der Waals surface area contributed by atoms with Gasteiger partial charge < -0.3 is 4.90 Å². The molecule has 1 aliphatic carbocycles. The molecule has 0 aromatic heterocycles. The van der Waals surface area contributed by atoms with E-state index in [-0.39, 0.29) is 11.8 Å². The zero-order chi connectivity index (χ0) is 17.2. The molecule has 2 aromatic carbocycles. The van der Waals surface area contributed by atoms with Crippen LogP contribution in [0.4, 0.5) is 5.69 Å². The number of ketones is 1. The molecule has 1 fully saturated rings. The molecule has 2 nitrogen and oxygen atoms in total. The third-order valence-electron chi connectivity index (χ3n) is 5.67. The fraction of sp³-hybridized carbons (Fsp3) is 0.348. The number of nitrogens with zero attached hydrogens (tertiary/aromatic N) is 1. The average molecular weight is 331 g/mol. The topological polar surface area (TPSA) is 20.3 Å². The summed E-state index contributed by atoms with van der Waals surface area (Å²) in [6, 6.07) is 15.2. The molecule has 1 saturated heterocycles. The van der Waals surface area contributed by atoms with Crippen LogP contribution in [0.1, 0.15) is 43.2 Å². The van der Waals surface area contributed by atoms with Crippen molar-refractivity contribution in [2.45, 2.75) is 44.6 Å². The van der Waals surface area contributed by atoms with Crippen LogP contribution < -0.4 is 4.90 Å². The van der Waals surface area contributed by atoms with Gasteiger partial charge in [-0.3, -0.25) is 4.79 Å². The highest BCUT2D eigenvalue weighted by atomic mass is 16.1. The highest BCUT2D eigenvalue weighted by molar-refractivity contribution is 5.96. The maximum atomic E-state index is 12.6. The predicted octanol–water partition coefficient (Wildman–Crippen LogP) is 5.15. The van der Waals surface area contributed by atoms with E-state index < -0.39 is 0 Å². The van der Waals surface area contributed by atoms with Crippen LogP contribution in [0.5, 0.6) is 0 Å². The van der Waals surface area contributed by atoms with Crippen molar-refractivity contribution in [2.75, 3.05) is 11.4 Å². The minimum Gasteiger partial charge on any atom is -0.361 e. The van der Waals surface area contributed by atoms with Crippen LogP contribution >= 0.6 is 0 Å². The van der Waals surface area contributed by atoms with Gasteiger partial charge in [0.2, 0.25) is 0 Å². The minimum absolute atomic E-state index is 0.0620. The second kappa shape index (κ2) is 6.87. The van der Waals surface area contributed by atoms with Crippen LogP contribution in [0.3, 0.4) is 0 Å². The normalized spacial score (nSPS) is 19.5. The molecule has 25 heavy (non-hydrogen) atoms. The molecule has 4 rings (SSSR count). The smallest absolute Gasteiger partial charge is 0.177 e. The maximum Gasteiger partial charge on any atom is 0.177 e. The third kappa shape index (κ3) is 2.90. The van der Waals surface area contributed by atoms with Crippen LogP contribution in [0.15, 0.2) is 55.1 Å². The fourth-order valence-corrected chi connectivity index (χ4v) is 4.41. The molecule has 0 N–H and O–H groups in total. The second-order valence-corrected chi connectivity index (χ2v) is 7.16. The Morgan fingerprint density at radius 3 is 2.68 bits per heavy atom. The third-order valence-corrected chi connectivity index (χ3v) is 5.67. The lowest BCUT2D eigenvalue weighted by Gasteiger charge is -2.35. The molecule has 1 heterocycles. The molecule has 1 atom stereocenters. The van der Waals surface area contributed by atoms with Crippen LogP contribution in [-0.2, 0) is 11.2 Å². The van der Waals surface area contributed by atoms with E-state index in [0.717, 1.165) is 32.2 Å². The first-order chi connectivity index (χ1) is 12.3. The van der Waals surface area contributed by atoms with E-state index in [0.29, 0.717) is 0 Å². The molecule has 2 heteroatoms. The molecular formula is C23H25NO. The Labute approximate surface area is 150 Å². The van der Waals surface area contributed by atoms with Crippen LogP contribution in [0.2, 0.25) is 0 Å². The van der Waals surface area contributed by atoms with E-state index in [4.69, 9.17) is 0 Å².